The number of benzene rings is 1. The summed E-state index contributed by atoms with van der Waals surface area (Å²) in [4.78, 5) is 37.6. The molecule has 1 aliphatic rings. The van der Waals surface area contributed by atoms with Crippen LogP contribution in [0.25, 0.3) is 0 Å². The molecule has 2 heterocycles. The molecule has 0 radical (unpaired) electrons. The van der Waals surface area contributed by atoms with Gasteiger partial charge in [-0.2, -0.15) is 0 Å². The van der Waals surface area contributed by atoms with Crippen LogP contribution in [0.2, 0.25) is 0 Å². The van der Waals surface area contributed by atoms with Crippen molar-refractivity contribution in [3.8, 4) is 0 Å². The van der Waals surface area contributed by atoms with Gasteiger partial charge in [0.15, 0.2) is 0 Å². The summed E-state index contributed by atoms with van der Waals surface area (Å²) in [7, 11) is 1.59. The summed E-state index contributed by atoms with van der Waals surface area (Å²) >= 11 is 0. The predicted molar refractivity (Wildman–Crippen MR) is 95.1 cm³/mol. The maximum atomic E-state index is 12.4. The third-order valence-corrected chi connectivity index (χ3v) is 4.38. The van der Waals surface area contributed by atoms with E-state index in [0.717, 1.165) is 5.56 Å². The summed E-state index contributed by atoms with van der Waals surface area (Å²) in [5.74, 6) is 0.0128. The van der Waals surface area contributed by atoms with Gasteiger partial charge in [0.25, 0.3) is 0 Å². The lowest BCUT2D eigenvalue weighted by Crippen LogP contribution is -2.27. The molecule has 3 rings (SSSR count). The molecule has 1 aromatic carbocycles. The number of likely N-dealkylation sites (N-methyl/N-ethyl adjacent to an activating group) is 1. The van der Waals surface area contributed by atoms with Crippen LogP contribution in [0.15, 0.2) is 47.1 Å². The first-order valence-electron chi connectivity index (χ1n) is 8.45. The van der Waals surface area contributed by atoms with Crippen molar-refractivity contribution >= 4 is 23.4 Å². The Hall–Kier alpha value is -3.09. The quantitative estimate of drug-likeness (QED) is 0.822. The molecule has 26 heavy (non-hydrogen) atoms. The fraction of sp³-hybridized carbons (Fsp3) is 0.316. The van der Waals surface area contributed by atoms with Crippen molar-refractivity contribution in [2.45, 2.75) is 19.4 Å². The normalized spacial score (nSPS) is 16.6. The Kier molecular flexibility index (Phi) is 5.36. The van der Waals surface area contributed by atoms with E-state index in [1.807, 2.05) is 0 Å². The molecule has 2 aromatic rings. The van der Waals surface area contributed by atoms with Crippen LogP contribution < -0.4 is 10.6 Å². The minimum Gasteiger partial charge on any atom is -0.467 e. The van der Waals surface area contributed by atoms with Crippen LogP contribution in [0.5, 0.6) is 0 Å². The highest BCUT2D eigenvalue weighted by Crippen LogP contribution is 2.22. The Labute approximate surface area is 151 Å². The first kappa shape index (κ1) is 17.7. The van der Waals surface area contributed by atoms with Gasteiger partial charge in [-0.15, -0.1) is 0 Å². The van der Waals surface area contributed by atoms with Crippen molar-refractivity contribution < 1.29 is 18.8 Å². The number of carbonyl (C=O) groups is 3. The number of amides is 3. The summed E-state index contributed by atoms with van der Waals surface area (Å²) < 4.78 is 5.26. The standard InChI is InChI=1S/C19H21N3O4/c1-20-17(23)9-13-4-6-15(7-5-13)21-19(25)14-10-18(24)22(11-14)12-16-3-2-8-26-16/h2-8,14H,9-12H2,1H3,(H,20,23)(H,21,25)/t14-/m0/s1. The van der Waals surface area contributed by atoms with E-state index in [1.165, 1.54) is 0 Å². The Morgan fingerprint density at radius 2 is 2.00 bits per heavy atom. The Morgan fingerprint density at radius 1 is 1.23 bits per heavy atom. The van der Waals surface area contributed by atoms with E-state index in [0.29, 0.717) is 31.0 Å². The number of nitrogens with one attached hydrogen (secondary N) is 2. The number of likely N-dealkylation sites (tertiary alicyclic amines) is 1. The van der Waals surface area contributed by atoms with Crippen molar-refractivity contribution in [3.63, 3.8) is 0 Å². The van der Waals surface area contributed by atoms with E-state index in [4.69, 9.17) is 4.42 Å². The highest BCUT2D eigenvalue weighted by molar-refractivity contribution is 5.97. The molecular weight excluding hydrogens is 334 g/mol. The van der Waals surface area contributed by atoms with Crippen molar-refractivity contribution in [1.29, 1.82) is 0 Å². The lowest BCUT2D eigenvalue weighted by Gasteiger charge is -2.15. The molecule has 1 fully saturated rings. The molecule has 0 spiro atoms. The third kappa shape index (κ3) is 4.30. The summed E-state index contributed by atoms with van der Waals surface area (Å²) in [5, 5.41) is 5.41. The molecule has 7 heteroatoms. The lowest BCUT2D eigenvalue weighted by atomic mass is 10.1. The second-order valence-electron chi connectivity index (χ2n) is 6.29. The summed E-state index contributed by atoms with van der Waals surface area (Å²) in [6.07, 6.45) is 2.05. The van der Waals surface area contributed by atoms with Crippen molar-refractivity contribution in [3.05, 3.63) is 54.0 Å². The van der Waals surface area contributed by atoms with Gasteiger partial charge in [-0.3, -0.25) is 14.4 Å². The molecule has 3 amide bonds. The molecule has 136 valence electrons. The van der Waals surface area contributed by atoms with Gasteiger partial charge < -0.3 is 20.0 Å². The van der Waals surface area contributed by atoms with Gasteiger partial charge in [0.2, 0.25) is 17.7 Å². The summed E-state index contributed by atoms with van der Waals surface area (Å²) in [6.45, 7) is 0.754. The van der Waals surface area contributed by atoms with E-state index in [9.17, 15) is 14.4 Å². The molecule has 0 saturated carbocycles. The van der Waals surface area contributed by atoms with Gasteiger partial charge >= 0.3 is 0 Å². The van der Waals surface area contributed by atoms with E-state index in [2.05, 4.69) is 10.6 Å². The minimum atomic E-state index is -0.386. The molecule has 0 unspecified atom stereocenters. The van der Waals surface area contributed by atoms with Crippen LogP contribution in [0.1, 0.15) is 17.7 Å². The van der Waals surface area contributed by atoms with Crippen molar-refractivity contribution in [2.75, 3.05) is 18.9 Å². The van der Waals surface area contributed by atoms with Crippen LogP contribution >= 0.6 is 0 Å². The average Bonchev–Trinajstić information content (AvgIpc) is 3.27. The van der Waals surface area contributed by atoms with Gasteiger partial charge in [0, 0.05) is 25.7 Å². The predicted octanol–water partition coefficient (Wildman–Crippen LogP) is 1.56. The zero-order valence-corrected chi connectivity index (χ0v) is 14.5. The highest BCUT2D eigenvalue weighted by Gasteiger charge is 2.34. The number of nitrogens with zero attached hydrogens (tertiary/aromatic N) is 1. The second-order valence-corrected chi connectivity index (χ2v) is 6.29. The van der Waals surface area contributed by atoms with Gasteiger partial charge in [0.05, 0.1) is 25.1 Å². The molecule has 2 N–H and O–H groups in total. The molecular formula is C19H21N3O4. The molecule has 0 aliphatic carbocycles. The van der Waals surface area contributed by atoms with E-state index >= 15 is 0 Å². The average molecular weight is 355 g/mol. The largest absolute Gasteiger partial charge is 0.467 e. The third-order valence-electron chi connectivity index (χ3n) is 4.38. The number of rotatable bonds is 6. The maximum Gasteiger partial charge on any atom is 0.229 e. The second kappa shape index (κ2) is 7.86. The molecule has 1 saturated heterocycles. The van der Waals surface area contributed by atoms with Gasteiger partial charge in [0.1, 0.15) is 5.76 Å². The molecule has 1 aromatic heterocycles. The van der Waals surface area contributed by atoms with Crippen molar-refractivity contribution in [1.82, 2.24) is 10.2 Å². The lowest BCUT2D eigenvalue weighted by molar-refractivity contribution is -0.128. The zero-order valence-electron chi connectivity index (χ0n) is 14.5. The van der Waals surface area contributed by atoms with E-state index < -0.39 is 0 Å². The fourth-order valence-corrected chi connectivity index (χ4v) is 2.92. The fourth-order valence-electron chi connectivity index (χ4n) is 2.92. The first-order valence-corrected chi connectivity index (χ1v) is 8.45. The van der Waals surface area contributed by atoms with Crippen LogP contribution in [-0.2, 0) is 27.3 Å². The summed E-state index contributed by atoms with van der Waals surface area (Å²) in [6, 6.07) is 10.7. The maximum absolute atomic E-state index is 12.4. The SMILES string of the molecule is CNC(=O)Cc1ccc(NC(=O)[C@H]2CC(=O)N(Cc3ccco3)C2)cc1. The topological polar surface area (TPSA) is 91.7 Å². The van der Waals surface area contributed by atoms with Crippen LogP contribution in [0, 0.1) is 5.92 Å². The van der Waals surface area contributed by atoms with E-state index in [1.54, 1.807) is 54.6 Å². The van der Waals surface area contributed by atoms with Crippen LogP contribution in [0.3, 0.4) is 0 Å². The molecule has 0 bridgehead atoms. The number of anilines is 1. The molecule has 1 aliphatic heterocycles. The van der Waals surface area contributed by atoms with Crippen LogP contribution in [-0.4, -0.2) is 36.2 Å². The monoisotopic (exact) mass is 355 g/mol. The minimum absolute atomic E-state index is 0.0533. The Bertz CT molecular complexity index is 784. The van der Waals surface area contributed by atoms with Crippen molar-refractivity contribution in [2.24, 2.45) is 5.92 Å². The van der Waals surface area contributed by atoms with Gasteiger partial charge in [-0.25, -0.2) is 0 Å². The van der Waals surface area contributed by atoms with E-state index in [-0.39, 0.29) is 30.1 Å². The highest BCUT2D eigenvalue weighted by atomic mass is 16.3. The Morgan fingerprint density at radius 3 is 2.65 bits per heavy atom. The van der Waals surface area contributed by atoms with Gasteiger partial charge in [-0.05, 0) is 29.8 Å². The first-order chi connectivity index (χ1) is 12.5. The zero-order chi connectivity index (χ0) is 18.5. The molecule has 1 atom stereocenters. The molecule has 7 nitrogen and oxygen atoms in total. The number of hydrogen-bond acceptors (Lipinski definition) is 4. The number of carbonyl (C=O) groups excluding carboxylic acids is 3. The smallest absolute Gasteiger partial charge is 0.229 e. The number of hydrogen-bond donors (Lipinski definition) is 2. The van der Waals surface area contributed by atoms with Crippen LogP contribution in [0.4, 0.5) is 5.69 Å². The number of furan rings is 1. The Balaban J connectivity index is 1.55. The van der Waals surface area contributed by atoms with Gasteiger partial charge in [-0.1, -0.05) is 12.1 Å². The summed E-state index contributed by atoms with van der Waals surface area (Å²) in [5.41, 5.74) is 1.51.